The molecule has 3 aliphatic carbocycles. The summed E-state index contributed by atoms with van der Waals surface area (Å²) in [5.74, 6) is 0. The topological polar surface area (TPSA) is 16.4 Å². The van der Waals surface area contributed by atoms with Crippen LogP contribution in [0.5, 0.6) is 0 Å². The second-order valence-corrected chi connectivity index (χ2v) is 21.9. The molecule has 2 spiro atoms. The van der Waals surface area contributed by atoms with Crippen LogP contribution in [0.15, 0.2) is 251 Å². The molecule has 0 fully saturated rings. The summed E-state index contributed by atoms with van der Waals surface area (Å²) in [5, 5.41) is 4.72. The number of benzene rings is 11. The summed E-state index contributed by atoms with van der Waals surface area (Å²) in [4.78, 5) is 5.19. The molecule has 72 heavy (non-hydrogen) atoms. The van der Waals surface area contributed by atoms with E-state index in [0.717, 1.165) is 39.0 Å². The molecular weight excluding hydrogens is 911 g/mol. The standard InChI is InChI=1S/C68H39NOS2/c1-6-22-49-41(17-1)42-18-2-7-23-50(42)67(49)51-24-8-3-19-43(51)45-36-35-40(37-55(45)67)69(57-28-15-31-60-65(57)46-21-5-12-30-59(46)70-60)58-29-16-34-63-66(58)48-38-47-44-20-4-9-25-52(44)68(56(47)39-64(48)72-63)53-26-10-13-32-61(53)71-62-33-14-11-27-54(62)68/h1-39H. The van der Waals surface area contributed by atoms with Crippen molar-refractivity contribution in [2.75, 3.05) is 4.90 Å². The Balaban J connectivity index is 0.969. The molecule has 11 aromatic carbocycles. The molecule has 4 aliphatic rings. The highest BCUT2D eigenvalue weighted by molar-refractivity contribution is 7.99. The van der Waals surface area contributed by atoms with Gasteiger partial charge in [0, 0.05) is 41.0 Å². The summed E-state index contributed by atoms with van der Waals surface area (Å²) in [6, 6.07) is 89.1. The van der Waals surface area contributed by atoms with Crippen molar-refractivity contribution in [2.24, 2.45) is 0 Å². The van der Waals surface area contributed by atoms with E-state index in [1.54, 1.807) is 0 Å². The van der Waals surface area contributed by atoms with Gasteiger partial charge in [-0.05, 0) is 145 Å². The maximum atomic E-state index is 6.69. The average molecular weight is 950 g/mol. The molecule has 0 saturated carbocycles. The minimum atomic E-state index is -0.491. The number of anilines is 3. The first-order valence-corrected chi connectivity index (χ1v) is 26.5. The highest BCUT2D eigenvalue weighted by Crippen LogP contribution is 2.65. The van der Waals surface area contributed by atoms with E-state index >= 15 is 0 Å². The first kappa shape index (κ1) is 39.3. The first-order chi connectivity index (χ1) is 35.7. The van der Waals surface area contributed by atoms with Crippen molar-refractivity contribution >= 4 is 82.3 Å². The van der Waals surface area contributed by atoms with Crippen molar-refractivity contribution in [1.82, 2.24) is 0 Å². The monoisotopic (exact) mass is 949 g/mol. The summed E-state index contributed by atoms with van der Waals surface area (Å²) in [6.07, 6.45) is 0. The highest BCUT2D eigenvalue weighted by atomic mass is 32.2. The molecule has 13 aromatic rings. The summed E-state index contributed by atoms with van der Waals surface area (Å²) >= 11 is 3.80. The van der Waals surface area contributed by atoms with Crippen molar-refractivity contribution in [3.8, 4) is 33.4 Å². The molecule has 0 N–H and O–H groups in total. The molecule has 17 rings (SSSR count). The zero-order valence-corrected chi connectivity index (χ0v) is 40.3. The van der Waals surface area contributed by atoms with Crippen LogP contribution in [0.4, 0.5) is 17.1 Å². The van der Waals surface area contributed by atoms with E-state index in [0.29, 0.717) is 0 Å². The highest BCUT2D eigenvalue weighted by Gasteiger charge is 2.53. The van der Waals surface area contributed by atoms with Gasteiger partial charge in [0.1, 0.15) is 11.2 Å². The summed E-state index contributed by atoms with van der Waals surface area (Å²) in [7, 11) is 0. The summed E-state index contributed by atoms with van der Waals surface area (Å²) in [5.41, 5.74) is 22.7. The van der Waals surface area contributed by atoms with Gasteiger partial charge in [0.25, 0.3) is 0 Å². The number of furan rings is 1. The maximum Gasteiger partial charge on any atom is 0.137 e. The second-order valence-electron chi connectivity index (χ2n) is 19.7. The van der Waals surface area contributed by atoms with Gasteiger partial charge in [-0.15, -0.1) is 11.3 Å². The van der Waals surface area contributed by atoms with Crippen molar-refractivity contribution in [3.63, 3.8) is 0 Å². The normalized spacial score (nSPS) is 14.6. The van der Waals surface area contributed by atoms with Crippen LogP contribution in [-0.4, -0.2) is 0 Å². The van der Waals surface area contributed by atoms with Gasteiger partial charge in [0.2, 0.25) is 0 Å². The molecule has 0 unspecified atom stereocenters. The third-order valence-electron chi connectivity index (χ3n) is 16.5. The smallest absolute Gasteiger partial charge is 0.137 e. The number of hydrogen-bond acceptors (Lipinski definition) is 4. The van der Waals surface area contributed by atoms with Gasteiger partial charge in [-0.3, -0.25) is 0 Å². The fourth-order valence-electron chi connectivity index (χ4n) is 13.9. The predicted molar refractivity (Wildman–Crippen MR) is 299 cm³/mol. The van der Waals surface area contributed by atoms with Crippen molar-refractivity contribution < 1.29 is 4.42 Å². The quantitative estimate of drug-likeness (QED) is 0.176. The number of rotatable bonds is 3. The Morgan fingerprint density at radius 1 is 0.319 bits per heavy atom. The van der Waals surface area contributed by atoms with Crippen LogP contribution >= 0.6 is 23.1 Å². The molecule has 0 atom stereocenters. The fraction of sp³-hybridized carbons (Fsp3) is 0.0294. The number of nitrogens with zero attached hydrogens (tertiary/aromatic N) is 1. The van der Waals surface area contributed by atoms with Crippen molar-refractivity contribution in [2.45, 2.75) is 20.6 Å². The largest absolute Gasteiger partial charge is 0.456 e. The predicted octanol–water partition coefficient (Wildman–Crippen LogP) is 18.6. The molecule has 0 amide bonds. The minimum Gasteiger partial charge on any atom is -0.456 e. The van der Waals surface area contributed by atoms with Crippen LogP contribution in [0.3, 0.4) is 0 Å². The molecule has 1 aliphatic heterocycles. The van der Waals surface area contributed by atoms with E-state index in [2.05, 4.69) is 241 Å². The lowest BCUT2D eigenvalue weighted by atomic mass is 9.67. The van der Waals surface area contributed by atoms with E-state index < -0.39 is 10.8 Å². The van der Waals surface area contributed by atoms with Crippen LogP contribution in [0.2, 0.25) is 0 Å². The lowest BCUT2D eigenvalue weighted by Crippen LogP contribution is -2.31. The Morgan fingerprint density at radius 2 is 0.806 bits per heavy atom. The zero-order chi connectivity index (χ0) is 46.9. The molecule has 0 radical (unpaired) electrons. The Morgan fingerprint density at radius 3 is 1.46 bits per heavy atom. The van der Waals surface area contributed by atoms with Crippen molar-refractivity contribution in [1.29, 1.82) is 0 Å². The lowest BCUT2D eigenvalue weighted by molar-refractivity contribution is 0.669. The Labute approximate surface area is 424 Å². The van der Waals surface area contributed by atoms with Gasteiger partial charge in [-0.25, -0.2) is 0 Å². The Bertz CT molecular complexity index is 4420. The van der Waals surface area contributed by atoms with Gasteiger partial charge in [-0.1, -0.05) is 182 Å². The van der Waals surface area contributed by atoms with Crippen LogP contribution < -0.4 is 4.90 Å². The van der Waals surface area contributed by atoms with E-state index in [1.165, 1.54) is 108 Å². The van der Waals surface area contributed by atoms with E-state index in [9.17, 15) is 0 Å². The fourth-order valence-corrected chi connectivity index (χ4v) is 16.2. The maximum absolute atomic E-state index is 6.69. The first-order valence-electron chi connectivity index (χ1n) is 24.8. The molecular formula is C68H39NOS2. The van der Waals surface area contributed by atoms with E-state index in [4.69, 9.17) is 4.42 Å². The molecule has 0 saturated heterocycles. The number of thiophene rings is 1. The van der Waals surface area contributed by atoms with Gasteiger partial charge in [-0.2, -0.15) is 0 Å². The van der Waals surface area contributed by atoms with E-state index in [1.807, 2.05) is 23.1 Å². The lowest BCUT2D eigenvalue weighted by Gasteiger charge is -2.39. The molecule has 2 aromatic heterocycles. The van der Waals surface area contributed by atoms with Crippen LogP contribution in [0.25, 0.3) is 75.5 Å². The average Bonchev–Trinajstić information content (AvgIpc) is 4.23. The van der Waals surface area contributed by atoms with Crippen LogP contribution in [0, 0.1) is 0 Å². The van der Waals surface area contributed by atoms with Crippen LogP contribution in [-0.2, 0) is 10.8 Å². The number of fused-ring (bicyclic) bond motifs is 25. The molecule has 0 bridgehead atoms. The second kappa shape index (κ2) is 14.1. The van der Waals surface area contributed by atoms with E-state index in [-0.39, 0.29) is 0 Å². The van der Waals surface area contributed by atoms with Gasteiger partial charge in [0.15, 0.2) is 0 Å². The third kappa shape index (κ3) is 4.78. The number of para-hydroxylation sites is 1. The molecule has 4 heteroatoms. The zero-order valence-electron chi connectivity index (χ0n) is 38.7. The number of hydrogen-bond donors (Lipinski definition) is 0. The van der Waals surface area contributed by atoms with Crippen molar-refractivity contribution in [3.05, 3.63) is 281 Å². The van der Waals surface area contributed by atoms with Gasteiger partial charge >= 0.3 is 0 Å². The van der Waals surface area contributed by atoms with Crippen LogP contribution in [0.1, 0.15) is 44.5 Å². The Hall–Kier alpha value is -8.41. The Kier molecular flexibility index (Phi) is 7.72. The molecule has 2 nitrogen and oxygen atoms in total. The molecule has 3 heterocycles. The third-order valence-corrected chi connectivity index (χ3v) is 18.8. The minimum absolute atomic E-state index is 0.447. The van der Waals surface area contributed by atoms with Gasteiger partial charge < -0.3 is 9.32 Å². The summed E-state index contributed by atoms with van der Waals surface area (Å²) < 4.78 is 9.23. The SMILES string of the molecule is c1ccc2c(c1)Sc1ccccc1C21c2ccccc2-c2cc3c(cc21)sc1cccc(N(c2ccc4c(c2)C2(c5ccccc5-c5ccccc52)c2ccccc2-4)c2cccc4oc5ccccc5c24)c13. The van der Waals surface area contributed by atoms with Gasteiger partial charge in [0.05, 0.1) is 27.6 Å². The molecule has 334 valence electrons. The summed E-state index contributed by atoms with van der Waals surface area (Å²) in [6.45, 7) is 0.